The fourth-order valence-electron chi connectivity index (χ4n) is 1.82. The van der Waals surface area contributed by atoms with Gasteiger partial charge < -0.3 is 4.90 Å². The summed E-state index contributed by atoms with van der Waals surface area (Å²) in [5.41, 5.74) is 0.335. The Balaban J connectivity index is 2.48. The van der Waals surface area contributed by atoms with Crippen LogP contribution in [0.3, 0.4) is 0 Å². The molecule has 0 radical (unpaired) electrons. The minimum atomic E-state index is -4.24. The lowest BCUT2D eigenvalue weighted by atomic mass is 10.1. The van der Waals surface area contributed by atoms with Gasteiger partial charge in [0.15, 0.2) is 0 Å². The first kappa shape index (κ1) is 15.0. The Labute approximate surface area is 107 Å². The van der Waals surface area contributed by atoms with E-state index in [1.165, 1.54) is 12.8 Å². The molecular weight excluding hydrogens is 239 g/mol. The maximum Gasteiger partial charge on any atom is 0.416 e. The Hall–Kier alpha value is -1.03. The van der Waals surface area contributed by atoms with Gasteiger partial charge in [0, 0.05) is 6.54 Å². The van der Waals surface area contributed by atoms with E-state index in [0.29, 0.717) is 6.54 Å². The second kappa shape index (κ2) is 6.78. The topological polar surface area (TPSA) is 3.24 Å². The standard InChI is InChI=1S/C14H20F3N/c1-3-4-5-10-18(2)11-12-6-8-13(9-7-12)14(15,16)17/h6-9H,3-5,10-11H2,1-2H3. The molecule has 1 aromatic carbocycles. The number of halogens is 3. The normalized spacial score (nSPS) is 12.1. The molecule has 102 valence electrons. The lowest BCUT2D eigenvalue weighted by molar-refractivity contribution is -0.137. The zero-order chi connectivity index (χ0) is 13.6. The van der Waals surface area contributed by atoms with E-state index >= 15 is 0 Å². The van der Waals surface area contributed by atoms with E-state index in [9.17, 15) is 13.2 Å². The van der Waals surface area contributed by atoms with Crippen molar-refractivity contribution in [1.29, 1.82) is 0 Å². The molecule has 1 rings (SSSR count). The molecule has 0 aromatic heterocycles. The van der Waals surface area contributed by atoms with Crippen molar-refractivity contribution in [2.24, 2.45) is 0 Å². The first-order valence-electron chi connectivity index (χ1n) is 6.28. The van der Waals surface area contributed by atoms with Gasteiger partial charge in [0.05, 0.1) is 5.56 Å². The second-order valence-corrected chi connectivity index (χ2v) is 4.64. The molecule has 0 aliphatic heterocycles. The third-order valence-corrected chi connectivity index (χ3v) is 2.88. The number of hydrogen-bond donors (Lipinski definition) is 0. The minimum absolute atomic E-state index is 0.583. The molecule has 0 aliphatic carbocycles. The summed E-state index contributed by atoms with van der Waals surface area (Å²) in [6, 6.07) is 5.41. The zero-order valence-corrected chi connectivity index (χ0v) is 10.9. The lowest BCUT2D eigenvalue weighted by Crippen LogP contribution is -2.19. The number of nitrogens with zero attached hydrogens (tertiary/aromatic N) is 1. The van der Waals surface area contributed by atoms with E-state index < -0.39 is 11.7 Å². The van der Waals surface area contributed by atoms with Crippen LogP contribution in [0.25, 0.3) is 0 Å². The second-order valence-electron chi connectivity index (χ2n) is 4.64. The number of benzene rings is 1. The van der Waals surface area contributed by atoms with Crippen LogP contribution in [0.15, 0.2) is 24.3 Å². The summed E-state index contributed by atoms with van der Waals surface area (Å²) >= 11 is 0. The van der Waals surface area contributed by atoms with Crippen LogP contribution < -0.4 is 0 Å². The molecule has 0 N–H and O–H groups in total. The van der Waals surface area contributed by atoms with Gasteiger partial charge in [0.2, 0.25) is 0 Å². The molecule has 0 amide bonds. The van der Waals surface area contributed by atoms with Gasteiger partial charge >= 0.3 is 6.18 Å². The van der Waals surface area contributed by atoms with Crippen molar-refractivity contribution < 1.29 is 13.2 Å². The van der Waals surface area contributed by atoms with Crippen molar-refractivity contribution in [2.75, 3.05) is 13.6 Å². The molecule has 18 heavy (non-hydrogen) atoms. The van der Waals surface area contributed by atoms with E-state index in [2.05, 4.69) is 11.8 Å². The average Bonchev–Trinajstić information content (AvgIpc) is 2.29. The highest BCUT2D eigenvalue weighted by atomic mass is 19.4. The van der Waals surface area contributed by atoms with Crippen LogP contribution in [-0.2, 0) is 12.7 Å². The van der Waals surface area contributed by atoms with Gasteiger partial charge in [-0.15, -0.1) is 0 Å². The first-order valence-corrected chi connectivity index (χ1v) is 6.28. The quantitative estimate of drug-likeness (QED) is 0.687. The minimum Gasteiger partial charge on any atom is -0.302 e. The van der Waals surface area contributed by atoms with Crippen LogP contribution in [-0.4, -0.2) is 18.5 Å². The van der Waals surface area contributed by atoms with Crippen LogP contribution in [0.1, 0.15) is 37.3 Å². The van der Waals surface area contributed by atoms with Crippen molar-refractivity contribution in [3.63, 3.8) is 0 Å². The van der Waals surface area contributed by atoms with Crippen LogP contribution in [0, 0.1) is 0 Å². The van der Waals surface area contributed by atoms with Crippen LogP contribution in [0.2, 0.25) is 0 Å². The maximum atomic E-state index is 12.4. The Morgan fingerprint density at radius 1 is 1.06 bits per heavy atom. The van der Waals surface area contributed by atoms with Gasteiger partial charge in [-0.2, -0.15) is 13.2 Å². The van der Waals surface area contributed by atoms with Crippen molar-refractivity contribution in [2.45, 2.75) is 38.9 Å². The fraction of sp³-hybridized carbons (Fsp3) is 0.571. The summed E-state index contributed by atoms with van der Waals surface area (Å²) in [6.07, 6.45) is -0.745. The fourth-order valence-corrected chi connectivity index (χ4v) is 1.82. The monoisotopic (exact) mass is 259 g/mol. The number of unbranched alkanes of at least 4 members (excludes halogenated alkanes) is 2. The van der Waals surface area contributed by atoms with E-state index in [0.717, 1.165) is 30.7 Å². The number of alkyl halides is 3. The Kier molecular flexibility index (Phi) is 5.66. The Bertz CT molecular complexity index is 343. The molecule has 0 fully saturated rings. The summed E-state index contributed by atoms with van der Waals surface area (Å²) in [4.78, 5) is 2.14. The molecule has 4 heteroatoms. The van der Waals surface area contributed by atoms with Crippen LogP contribution in [0.4, 0.5) is 13.2 Å². The molecular formula is C14H20F3N. The third-order valence-electron chi connectivity index (χ3n) is 2.88. The van der Waals surface area contributed by atoms with E-state index in [1.807, 2.05) is 7.05 Å². The molecule has 1 aromatic rings. The van der Waals surface area contributed by atoms with Gasteiger partial charge in [-0.05, 0) is 37.7 Å². The molecule has 0 saturated heterocycles. The summed E-state index contributed by atoms with van der Waals surface area (Å²) in [7, 11) is 1.99. The van der Waals surface area contributed by atoms with E-state index in [4.69, 9.17) is 0 Å². The van der Waals surface area contributed by atoms with Crippen molar-refractivity contribution in [3.8, 4) is 0 Å². The summed E-state index contributed by atoms with van der Waals surface area (Å²) < 4.78 is 37.1. The van der Waals surface area contributed by atoms with Gasteiger partial charge in [-0.3, -0.25) is 0 Å². The summed E-state index contributed by atoms with van der Waals surface area (Å²) in [5, 5.41) is 0. The Morgan fingerprint density at radius 3 is 2.17 bits per heavy atom. The molecule has 1 nitrogen and oxygen atoms in total. The number of hydrogen-bond acceptors (Lipinski definition) is 1. The van der Waals surface area contributed by atoms with Crippen LogP contribution in [0.5, 0.6) is 0 Å². The largest absolute Gasteiger partial charge is 0.416 e. The predicted molar refractivity (Wildman–Crippen MR) is 67.3 cm³/mol. The third kappa shape index (κ3) is 5.08. The van der Waals surface area contributed by atoms with Gasteiger partial charge in [-0.25, -0.2) is 0 Å². The van der Waals surface area contributed by atoms with E-state index in [1.54, 1.807) is 12.1 Å². The lowest BCUT2D eigenvalue weighted by Gasteiger charge is -2.16. The van der Waals surface area contributed by atoms with Gasteiger partial charge in [0.1, 0.15) is 0 Å². The number of rotatable bonds is 6. The van der Waals surface area contributed by atoms with Crippen molar-refractivity contribution in [1.82, 2.24) is 4.90 Å². The maximum absolute atomic E-state index is 12.4. The highest BCUT2D eigenvalue weighted by Gasteiger charge is 2.29. The molecule has 0 unspecified atom stereocenters. The van der Waals surface area contributed by atoms with Crippen LogP contribution >= 0.6 is 0 Å². The van der Waals surface area contributed by atoms with E-state index in [-0.39, 0.29) is 0 Å². The Morgan fingerprint density at radius 2 is 1.67 bits per heavy atom. The SMILES string of the molecule is CCCCCN(C)Cc1ccc(C(F)(F)F)cc1. The summed E-state index contributed by atoms with van der Waals surface area (Å²) in [6.45, 7) is 3.83. The zero-order valence-electron chi connectivity index (χ0n) is 10.9. The molecule has 0 aliphatic rings. The van der Waals surface area contributed by atoms with Gasteiger partial charge in [-0.1, -0.05) is 31.9 Å². The smallest absolute Gasteiger partial charge is 0.302 e. The summed E-state index contributed by atoms with van der Waals surface area (Å²) in [5.74, 6) is 0. The highest BCUT2D eigenvalue weighted by molar-refractivity contribution is 5.24. The van der Waals surface area contributed by atoms with Crippen molar-refractivity contribution >= 4 is 0 Å². The molecule has 0 bridgehead atoms. The molecule has 0 heterocycles. The molecule has 0 saturated carbocycles. The molecule has 0 spiro atoms. The highest BCUT2D eigenvalue weighted by Crippen LogP contribution is 2.29. The van der Waals surface area contributed by atoms with Gasteiger partial charge in [0.25, 0.3) is 0 Å². The first-order chi connectivity index (χ1) is 8.43. The predicted octanol–water partition coefficient (Wildman–Crippen LogP) is 4.33. The van der Waals surface area contributed by atoms with Crippen molar-refractivity contribution in [3.05, 3.63) is 35.4 Å². The average molecular weight is 259 g/mol. The molecule has 0 atom stereocenters.